The molecule has 0 saturated heterocycles. The molecule has 0 spiro atoms. The maximum Gasteiger partial charge on any atom is 0.246 e. The molecule has 0 bridgehead atoms. The summed E-state index contributed by atoms with van der Waals surface area (Å²) >= 11 is 6.08. The topological polar surface area (TPSA) is 75.9 Å². The van der Waals surface area contributed by atoms with Crippen molar-refractivity contribution < 1.29 is 14.3 Å². The number of benzene rings is 1. The Morgan fingerprint density at radius 1 is 1.46 bits per heavy atom. The Bertz CT molecular complexity index is 610. The van der Waals surface area contributed by atoms with Crippen molar-refractivity contribution in [3.63, 3.8) is 0 Å². The highest BCUT2D eigenvalue weighted by molar-refractivity contribution is 6.30. The van der Waals surface area contributed by atoms with Crippen molar-refractivity contribution in [2.75, 3.05) is 39.3 Å². The molecular weight excluding hydrogens is 353 g/mol. The lowest BCUT2D eigenvalue weighted by Gasteiger charge is -2.22. The van der Waals surface area contributed by atoms with Crippen LogP contribution in [0.1, 0.15) is 17.9 Å². The maximum absolute atomic E-state index is 12.5. The van der Waals surface area contributed by atoms with Crippen LogP contribution < -0.4 is 10.6 Å². The quantitative estimate of drug-likeness (QED) is 0.848. The standard InChI is InChI=1S/C16H22ClN3O3.ClH/c1-19(2)15(21)6-10-8-20(16(22)13(18)9-23-3)14-5-4-11(17)7-12(10)14;/h4-5,7,10,13H,6,8-9,18H2,1-3H3;1H. The third-order valence-corrected chi connectivity index (χ3v) is 4.21. The summed E-state index contributed by atoms with van der Waals surface area (Å²) in [4.78, 5) is 27.8. The van der Waals surface area contributed by atoms with E-state index in [1.54, 1.807) is 36.0 Å². The highest BCUT2D eigenvalue weighted by Crippen LogP contribution is 2.40. The number of nitrogens with two attached hydrogens (primary N) is 1. The summed E-state index contributed by atoms with van der Waals surface area (Å²) < 4.78 is 4.96. The number of amides is 2. The SMILES string of the molecule is COCC(N)C(=O)N1CC(CC(=O)N(C)C)c2cc(Cl)ccc21.Cl. The molecule has 2 unspecified atom stereocenters. The number of fused-ring (bicyclic) bond motifs is 1. The van der Waals surface area contributed by atoms with Gasteiger partial charge in [-0.05, 0) is 23.8 Å². The molecule has 8 heteroatoms. The van der Waals surface area contributed by atoms with Crippen molar-refractivity contribution in [2.45, 2.75) is 18.4 Å². The second kappa shape index (κ2) is 8.67. The third-order valence-electron chi connectivity index (χ3n) is 3.97. The number of nitrogens with zero attached hydrogens (tertiary/aromatic N) is 2. The van der Waals surface area contributed by atoms with Gasteiger partial charge >= 0.3 is 0 Å². The van der Waals surface area contributed by atoms with Gasteiger partial charge in [-0.1, -0.05) is 11.6 Å². The lowest BCUT2D eigenvalue weighted by Crippen LogP contribution is -2.46. The van der Waals surface area contributed by atoms with Gasteiger partial charge in [-0.2, -0.15) is 0 Å². The molecule has 0 radical (unpaired) electrons. The molecular formula is C16H23Cl2N3O3. The third kappa shape index (κ3) is 4.39. The lowest BCUT2D eigenvalue weighted by molar-refractivity contribution is -0.129. The van der Waals surface area contributed by atoms with E-state index < -0.39 is 6.04 Å². The van der Waals surface area contributed by atoms with Gasteiger partial charge in [0, 0.05) is 50.8 Å². The summed E-state index contributed by atoms with van der Waals surface area (Å²) in [5.41, 5.74) is 7.55. The van der Waals surface area contributed by atoms with E-state index in [0.717, 1.165) is 11.3 Å². The van der Waals surface area contributed by atoms with Crippen LogP contribution >= 0.6 is 24.0 Å². The summed E-state index contributed by atoms with van der Waals surface area (Å²) in [5.74, 6) is -0.288. The van der Waals surface area contributed by atoms with Crippen LogP contribution in [0, 0.1) is 0 Å². The van der Waals surface area contributed by atoms with Crippen molar-refractivity contribution in [1.82, 2.24) is 4.90 Å². The second-order valence-electron chi connectivity index (χ2n) is 5.90. The first kappa shape index (κ1) is 20.7. The fourth-order valence-electron chi connectivity index (χ4n) is 2.74. The van der Waals surface area contributed by atoms with E-state index >= 15 is 0 Å². The van der Waals surface area contributed by atoms with Gasteiger partial charge in [-0.3, -0.25) is 9.59 Å². The molecule has 1 heterocycles. The summed E-state index contributed by atoms with van der Waals surface area (Å²) in [5, 5.41) is 0.585. The highest BCUT2D eigenvalue weighted by atomic mass is 35.5. The Kier molecular flexibility index (Phi) is 7.48. The maximum atomic E-state index is 12.5. The van der Waals surface area contributed by atoms with Crippen LogP contribution in [0.5, 0.6) is 0 Å². The van der Waals surface area contributed by atoms with E-state index in [0.29, 0.717) is 18.0 Å². The zero-order chi connectivity index (χ0) is 17.1. The molecule has 24 heavy (non-hydrogen) atoms. The molecule has 0 saturated carbocycles. The van der Waals surface area contributed by atoms with Gasteiger partial charge < -0.3 is 20.3 Å². The van der Waals surface area contributed by atoms with Gasteiger partial charge in [-0.25, -0.2) is 0 Å². The van der Waals surface area contributed by atoms with Crippen molar-refractivity contribution in [2.24, 2.45) is 5.73 Å². The van der Waals surface area contributed by atoms with Gasteiger partial charge in [0.15, 0.2) is 0 Å². The monoisotopic (exact) mass is 375 g/mol. The molecule has 1 aliphatic rings. The van der Waals surface area contributed by atoms with Crippen LogP contribution in [0.4, 0.5) is 5.69 Å². The van der Waals surface area contributed by atoms with Crippen LogP contribution in [0.3, 0.4) is 0 Å². The van der Waals surface area contributed by atoms with E-state index in [1.807, 2.05) is 6.07 Å². The van der Waals surface area contributed by atoms with Crippen molar-refractivity contribution in [3.8, 4) is 0 Å². The molecule has 1 aliphatic heterocycles. The summed E-state index contributed by atoms with van der Waals surface area (Å²) in [6.07, 6.45) is 0.323. The molecule has 0 aliphatic carbocycles. The molecule has 0 aromatic heterocycles. The first-order valence-electron chi connectivity index (χ1n) is 7.40. The summed E-state index contributed by atoms with van der Waals surface area (Å²) in [6, 6.07) is 4.62. The molecule has 0 fully saturated rings. The molecule has 1 aromatic carbocycles. The zero-order valence-corrected chi connectivity index (χ0v) is 15.6. The number of halogens is 2. The lowest BCUT2D eigenvalue weighted by atomic mass is 9.97. The van der Waals surface area contributed by atoms with Gasteiger partial charge in [0.1, 0.15) is 6.04 Å². The van der Waals surface area contributed by atoms with Crippen molar-refractivity contribution in [1.29, 1.82) is 0 Å². The normalized spacial score (nSPS) is 17.0. The molecule has 2 atom stereocenters. The zero-order valence-electron chi connectivity index (χ0n) is 14.0. The Hall–Kier alpha value is -1.34. The van der Waals surface area contributed by atoms with Gasteiger partial charge in [-0.15, -0.1) is 12.4 Å². The minimum absolute atomic E-state index is 0. The number of hydrogen-bond acceptors (Lipinski definition) is 4. The molecule has 2 rings (SSSR count). The number of hydrogen-bond donors (Lipinski definition) is 1. The van der Waals surface area contributed by atoms with Crippen LogP contribution in [0.15, 0.2) is 18.2 Å². The van der Waals surface area contributed by atoms with Crippen LogP contribution in [0.2, 0.25) is 5.02 Å². The number of methoxy groups -OCH3 is 1. The number of rotatable bonds is 5. The van der Waals surface area contributed by atoms with Crippen molar-refractivity contribution >= 4 is 41.5 Å². The molecule has 1 aromatic rings. The van der Waals surface area contributed by atoms with Gasteiger partial charge in [0.05, 0.1) is 6.61 Å². The van der Waals surface area contributed by atoms with Crippen LogP contribution in [0.25, 0.3) is 0 Å². The molecule has 6 nitrogen and oxygen atoms in total. The minimum Gasteiger partial charge on any atom is -0.383 e. The Balaban J connectivity index is 0.00000288. The van der Waals surface area contributed by atoms with E-state index in [4.69, 9.17) is 22.1 Å². The minimum atomic E-state index is -0.730. The summed E-state index contributed by atoms with van der Waals surface area (Å²) in [7, 11) is 4.94. The Morgan fingerprint density at radius 3 is 2.71 bits per heavy atom. The molecule has 2 amide bonds. The summed E-state index contributed by atoms with van der Waals surface area (Å²) in [6.45, 7) is 0.574. The highest BCUT2D eigenvalue weighted by Gasteiger charge is 2.35. The molecule has 2 N–H and O–H groups in total. The average molecular weight is 376 g/mol. The number of anilines is 1. The average Bonchev–Trinajstić information content (AvgIpc) is 2.84. The van der Waals surface area contributed by atoms with E-state index in [1.165, 1.54) is 7.11 Å². The first-order chi connectivity index (χ1) is 10.8. The molecule has 134 valence electrons. The largest absolute Gasteiger partial charge is 0.383 e. The fraction of sp³-hybridized carbons (Fsp3) is 0.500. The first-order valence-corrected chi connectivity index (χ1v) is 7.78. The van der Waals surface area contributed by atoms with Crippen LogP contribution in [-0.2, 0) is 14.3 Å². The fourth-order valence-corrected chi connectivity index (χ4v) is 2.92. The van der Waals surface area contributed by atoms with Crippen molar-refractivity contribution in [3.05, 3.63) is 28.8 Å². The Morgan fingerprint density at radius 2 is 2.12 bits per heavy atom. The number of carbonyl (C=O) groups excluding carboxylic acids is 2. The van der Waals surface area contributed by atoms with Gasteiger partial charge in [0.2, 0.25) is 11.8 Å². The van der Waals surface area contributed by atoms with Crippen LogP contribution in [-0.4, -0.2) is 57.1 Å². The van der Waals surface area contributed by atoms with E-state index in [-0.39, 0.29) is 36.7 Å². The Labute approximate surface area is 153 Å². The second-order valence-corrected chi connectivity index (χ2v) is 6.34. The number of ether oxygens (including phenoxy) is 1. The predicted molar refractivity (Wildman–Crippen MR) is 97.0 cm³/mol. The smallest absolute Gasteiger partial charge is 0.246 e. The predicted octanol–water partition coefficient (Wildman–Crippen LogP) is 1.64. The van der Waals surface area contributed by atoms with Gasteiger partial charge in [0.25, 0.3) is 0 Å². The van der Waals surface area contributed by atoms with E-state index in [2.05, 4.69) is 0 Å². The number of carbonyl (C=O) groups is 2. The van der Waals surface area contributed by atoms with E-state index in [9.17, 15) is 9.59 Å².